The minimum Gasteiger partial charge on any atom is -0.309 e. The summed E-state index contributed by atoms with van der Waals surface area (Å²) >= 11 is 0. The molecule has 0 spiro atoms. The van der Waals surface area contributed by atoms with E-state index in [9.17, 15) is 0 Å². The van der Waals surface area contributed by atoms with Crippen molar-refractivity contribution < 1.29 is 0 Å². The van der Waals surface area contributed by atoms with E-state index in [0.29, 0.717) is 0 Å². The van der Waals surface area contributed by atoms with E-state index in [4.69, 9.17) is 0 Å². The van der Waals surface area contributed by atoms with Gasteiger partial charge in [0, 0.05) is 32.8 Å². The van der Waals surface area contributed by atoms with E-state index in [2.05, 4.69) is 349 Å². The Labute approximate surface area is 506 Å². The van der Waals surface area contributed by atoms with Crippen molar-refractivity contribution in [1.29, 1.82) is 0 Å². The summed E-state index contributed by atoms with van der Waals surface area (Å²) in [6, 6.07) is 126. The standard InChI is InChI=1S/C85H56N2/c1-3-21-61(22-4-1)69-29-7-13-35-77(69)85(78-36-14-8-31-71(78)72-32-9-15-37-79(72)85)67-27-19-25-63(53-67)59-45-41-57(42-46-59)58-43-47-60(48-44-58)64-26-20-28-68(54-64)86-81-39-17-11-33-73(81)75-55-65(49-51-83(75)86)66-50-52-84-76(56-66)74-34-12-18-40-82(74)87(84)80-38-16-10-30-70(80)62-23-5-2-6-24-62/h1-56H. The molecule has 1 aliphatic carbocycles. The lowest BCUT2D eigenvalue weighted by Crippen LogP contribution is -2.29. The summed E-state index contributed by atoms with van der Waals surface area (Å²) in [5.41, 5.74) is 28.6. The second-order valence-corrected chi connectivity index (χ2v) is 23.1. The van der Waals surface area contributed by atoms with E-state index in [1.165, 1.54) is 149 Å². The summed E-state index contributed by atoms with van der Waals surface area (Å²) in [5.74, 6) is 0. The number of nitrogens with zero attached hydrogens (tertiary/aromatic N) is 2. The normalized spacial score (nSPS) is 12.5. The monoisotopic (exact) mass is 1100 g/mol. The third kappa shape index (κ3) is 8.10. The number of benzene rings is 14. The van der Waals surface area contributed by atoms with Crippen LogP contribution < -0.4 is 0 Å². The molecular weight excluding hydrogens is 1050 g/mol. The second-order valence-electron chi connectivity index (χ2n) is 23.1. The second kappa shape index (κ2) is 20.5. The molecule has 2 aromatic heterocycles. The van der Waals surface area contributed by atoms with E-state index in [1.54, 1.807) is 0 Å². The molecule has 0 atom stereocenters. The molecule has 87 heavy (non-hydrogen) atoms. The molecule has 0 amide bonds. The van der Waals surface area contributed by atoms with Gasteiger partial charge in [0.05, 0.1) is 33.2 Å². The molecule has 0 aliphatic heterocycles. The zero-order valence-corrected chi connectivity index (χ0v) is 47.7. The van der Waals surface area contributed by atoms with Gasteiger partial charge in [-0.25, -0.2) is 0 Å². The molecule has 0 unspecified atom stereocenters. The van der Waals surface area contributed by atoms with Crippen molar-refractivity contribution in [3.05, 3.63) is 362 Å². The maximum absolute atomic E-state index is 2.44. The van der Waals surface area contributed by atoms with Gasteiger partial charge in [0.1, 0.15) is 0 Å². The number of rotatable bonds is 10. The molecule has 17 rings (SSSR count). The molecule has 14 aromatic carbocycles. The van der Waals surface area contributed by atoms with Crippen LogP contribution in [0, 0.1) is 0 Å². The lowest BCUT2D eigenvalue weighted by atomic mass is 9.65. The Morgan fingerprint density at radius 3 is 1.14 bits per heavy atom. The van der Waals surface area contributed by atoms with Gasteiger partial charge in [0.25, 0.3) is 0 Å². The summed E-state index contributed by atoms with van der Waals surface area (Å²) in [7, 11) is 0. The molecule has 406 valence electrons. The SMILES string of the molecule is c1ccc(-c2ccccc2-n2c3ccccc3c3cc(-c4ccc5c(c4)c4ccccc4n5-c4cccc(-c5ccc(-c6ccc(-c7cccc(C8(c9ccccc9-c9ccccc9)c9ccccc9-c9ccccc98)c7)cc6)cc5)c4)ccc32)cc1. The van der Waals surface area contributed by atoms with Crippen molar-refractivity contribution in [2.75, 3.05) is 0 Å². The third-order valence-electron chi connectivity index (χ3n) is 18.4. The topological polar surface area (TPSA) is 9.86 Å². The summed E-state index contributed by atoms with van der Waals surface area (Å²) in [6.07, 6.45) is 0. The number of para-hydroxylation sites is 3. The molecule has 1 aliphatic rings. The lowest BCUT2D eigenvalue weighted by molar-refractivity contribution is 0.771. The van der Waals surface area contributed by atoms with E-state index in [-0.39, 0.29) is 0 Å². The van der Waals surface area contributed by atoms with Crippen molar-refractivity contribution in [2.24, 2.45) is 0 Å². The predicted octanol–water partition coefficient (Wildman–Crippen LogP) is 22.2. The zero-order chi connectivity index (χ0) is 57.4. The molecule has 16 aromatic rings. The third-order valence-corrected chi connectivity index (χ3v) is 18.4. The van der Waals surface area contributed by atoms with E-state index in [1.807, 2.05) is 0 Å². The number of hydrogen-bond acceptors (Lipinski definition) is 0. The molecule has 0 saturated carbocycles. The van der Waals surface area contributed by atoms with Crippen LogP contribution in [0.5, 0.6) is 0 Å². The van der Waals surface area contributed by atoms with Gasteiger partial charge >= 0.3 is 0 Å². The highest BCUT2D eigenvalue weighted by atomic mass is 15.0. The summed E-state index contributed by atoms with van der Waals surface area (Å²) in [5, 5.41) is 4.94. The molecular formula is C85H56N2. The van der Waals surface area contributed by atoms with Gasteiger partial charge in [-0.05, 0) is 155 Å². The molecule has 2 heterocycles. The molecule has 2 heteroatoms. The fourth-order valence-electron chi connectivity index (χ4n) is 14.5. The van der Waals surface area contributed by atoms with Crippen LogP contribution in [0.4, 0.5) is 0 Å². The van der Waals surface area contributed by atoms with Gasteiger partial charge in [-0.15, -0.1) is 0 Å². The fraction of sp³-hybridized carbons (Fsp3) is 0.0118. The number of aromatic nitrogens is 2. The molecule has 0 saturated heterocycles. The van der Waals surface area contributed by atoms with Crippen LogP contribution in [0.3, 0.4) is 0 Å². The van der Waals surface area contributed by atoms with Crippen molar-refractivity contribution in [3.8, 4) is 89.3 Å². The first-order valence-electron chi connectivity index (χ1n) is 30.1. The van der Waals surface area contributed by atoms with Crippen molar-refractivity contribution >= 4 is 43.6 Å². The van der Waals surface area contributed by atoms with Gasteiger partial charge in [-0.2, -0.15) is 0 Å². The van der Waals surface area contributed by atoms with Gasteiger partial charge in [-0.1, -0.05) is 279 Å². The van der Waals surface area contributed by atoms with Crippen LogP contribution in [0.15, 0.2) is 340 Å². The average Bonchev–Trinajstić information content (AvgIpc) is 1.63. The zero-order valence-electron chi connectivity index (χ0n) is 47.7. The molecule has 0 bridgehead atoms. The van der Waals surface area contributed by atoms with E-state index >= 15 is 0 Å². The number of fused-ring (bicyclic) bond motifs is 9. The highest BCUT2D eigenvalue weighted by molar-refractivity contribution is 6.13. The smallest absolute Gasteiger partial charge is 0.0719 e. The first-order valence-corrected chi connectivity index (χ1v) is 30.1. The van der Waals surface area contributed by atoms with Crippen LogP contribution in [0.1, 0.15) is 22.3 Å². The Morgan fingerprint density at radius 2 is 0.563 bits per heavy atom. The minimum atomic E-state index is -0.537. The average molecular weight is 1110 g/mol. The molecule has 0 radical (unpaired) electrons. The molecule has 0 N–H and O–H groups in total. The van der Waals surface area contributed by atoms with Gasteiger partial charge in [-0.3, -0.25) is 0 Å². The van der Waals surface area contributed by atoms with Crippen molar-refractivity contribution in [3.63, 3.8) is 0 Å². The van der Waals surface area contributed by atoms with Crippen molar-refractivity contribution in [1.82, 2.24) is 9.13 Å². The van der Waals surface area contributed by atoms with Gasteiger partial charge in [0.2, 0.25) is 0 Å². The quantitative estimate of drug-likeness (QED) is 0.129. The summed E-state index contributed by atoms with van der Waals surface area (Å²) < 4.78 is 4.87. The molecule has 0 fully saturated rings. The van der Waals surface area contributed by atoms with Crippen molar-refractivity contribution in [2.45, 2.75) is 5.41 Å². The highest BCUT2D eigenvalue weighted by Gasteiger charge is 2.47. The van der Waals surface area contributed by atoms with Crippen LogP contribution >= 0.6 is 0 Å². The first kappa shape index (κ1) is 50.2. The predicted molar refractivity (Wildman–Crippen MR) is 365 cm³/mol. The maximum atomic E-state index is 2.44. The highest BCUT2D eigenvalue weighted by Crippen LogP contribution is 2.58. The minimum absolute atomic E-state index is 0.537. The number of hydrogen-bond donors (Lipinski definition) is 0. The summed E-state index contributed by atoms with van der Waals surface area (Å²) in [4.78, 5) is 0. The maximum Gasteiger partial charge on any atom is 0.0719 e. The first-order chi connectivity index (χ1) is 43.2. The van der Waals surface area contributed by atoms with Crippen LogP contribution in [0.2, 0.25) is 0 Å². The Balaban J connectivity index is 0.680. The Bertz CT molecular complexity index is 5270. The fourth-order valence-corrected chi connectivity index (χ4v) is 14.5. The van der Waals surface area contributed by atoms with Crippen LogP contribution in [0.25, 0.3) is 133 Å². The van der Waals surface area contributed by atoms with Crippen LogP contribution in [-0.4, -0.2) is 9.13 Å². The van der Waals surface area contributed by atoms with Gasteiger partial charge < -0.3 is 9.13 Å². The Kier molecular flexibility index (Phi) is 11.8. The summed E-state index contributed by atoms with van der Waals surface area (Å²) in [6.45, 7) is 0. The van der Waals surface area contributed by atoms with E-state index < -0.39 is 5.41 Å². The van der Waals surface area contributed by atoms with Gasteiger partial charge in [0.15, 0.2) is 0 Å². The van der Waals surface area contributed by atoms with E-state index in [0.717, 1.165) is 5.69 Å². The Morgan fingerprint density at radius 1 is 0.195 bits per heavy atom. The lowest BCUT2D eigenvalue weighted by Gasteiger charge is -2.36. The molecule has 2 nitrogen and oxygen atoms in total. The Hall–Kier alpha value is -11.3. The largest absolute Gasteiger partial charge is 0.309 e. The van der Waals surface area contributed by atoms with Crippen LogP contribution in [-0.2, 0) is 5.41 Å².